The van der Waals surface area contributed by atoms with Gasteiger partial charge in [-0.2, -0.15) is 0 Å². The Morgan fingerprint density at radius 1 is 1.22 bits per heavy atom. The van der Waals surface area contributed by atoms with E-state index in [9.17, 15) is 4.79 Å². The second-order valence-electron chi connectivity index (χ2n) is 4.37. The van der Waals surface area contributed by atoms with E-state index in [1.54, 1.807) is 12.4 Å². The van der Waals surface area contributed by atoms with E-state index in [0.717, 1.165) is 30.2 Å². The van der Waals surface area contributed by atoms with Gasteiger partial charge in [-0.1, -0.05) is 0 Å². The highest BCUT2D eigenvalue weighted by Gasteiger charge is 2.22. The van der Waals surface area contributed by atoms with Gasteiger partial charge < -0.3 is 15.7 Å². The predicted molar refractivity (Wildman–Crippen MR) is 70.6 cm³/mol. The summed E-state index contributed by atoms with van der Waals surface area (Å²) in [5, 5.41) is 14.4. The number of anilines is 1. The van der Waals surface area contributed by atoms with Gasteiger partial charge in [0, 0.05) is 24.5 Å². The monoisotopic (exact) mass is 314 g/mol. The van der Waals surface area contributed by atoms with Crippen molar-refractivity contribution < 1.29 is 9.90 Å². The highest BCUT2D eigenvalue weighted by Crippen LogP contribution is 2.21. The van der Waals surface area contributed by atoms with Crippen LogP contribution in [0.1, 0.15) is 25.7 Å². The first-order valence-corrected chi connectivity index (χ1v) is 6.66. The summed E-state index contributed by atoms with van der Waals surface area (Å²) >= 11 is 3.28. The molecule has 1 aliphatic carbocycles. The van der Waals surface area contributed by atoms with Crippen LogP contribution >= 0.6 is 15.9 Å². The van der Waals surface area contributed by atoms with E-state index in [1.165, 1.54) is 0 Å². The highest BCUT2D eigenvalue weighted by atomic mass is 79.9. The third-order valence-corrected chi connectivity index (χ3v) is 3.42. The maximum Gasteiger partial charge on any atom is 0.404 e. The molecule has 1 amide bonds. The zero-order valence-electron chi connectivity index (χ0n) is 9.77. The van der Waals surface area contributed by atoms with Gasteiger partial charge in [-0.25, -0.2) is 14.8 Å². The topological polar surface area (TPSA) is 87.1 Å². The average molecular weight is 315 g/mol. The summed E-state index contributed by atoms with van der Waals surface area (Å²) in [7, 11) is 0. The number of amides is 1. The van der Waals surface area contributed by atoms with Crippen molar-refractivity contribution in [1.29, 1.82) is 0 Å². The summed E-state index contributed by atoms with van der Waals surface area (Å²) in [6.45, 7) is 0. The summed E-state index contributed by atoms with van der Waals surface area (Å²) < 4.78 is 0.849. The van der Waals surface area contributed by atoms with Gasteiger partial charge >= 0.3 is 6.09 Å². The summed E-state index contributed by atoms with van der Waals surface area (Å²) in [5.41, 5.74) is 0. The number of halogens is 1. The van der Waals surface area contributed by atoms with Gasteiger partial charge in [0.15, 0.2) is 0 Å². The molecule has 0 saturated heterocycles. The van der Waals surface area contributed by atoms with E-state index in [-0.39, 0.29) is 6.04 Å². The van der Waals surface area contributed by atoms with Gasteiger partial charge in [-0.3, -0.25) is 0 Å². The van der Waals surface area contributed by atoms with Crippen LogP contribution in [0.2, 0.25) is 0 Å². The molecule has 0 aliphatic heterocycles. The van der Waals surface area contributed by atoms with E-state index in [4.69, 9.17) is 5.11 Å². The molecule has 7 heteroatoms. The van der Waals surface area contributed by atoms with Gasteiger partial charge in [-0.05, 0) is 41.6 Å². The number of nitrogens with one attached hydrogen (secondary N) is 2. The highest BCUT2D eigenvalue weighted by molar-refractivity contribution is 9.10. The quantitative estimate of drug-likeness (QED) is 0.796. The molecule has 1 saturated carbocycles. The number of carbonyl (C=O) groups is 1. The van der Waals surface area contributed by atoms with Crippen molar-refractivity contribution in [2.75, 3.05) is 5.32 Å². The molecule has 0 radical (unpaired) electrons. The van der Waals surface area contributed by atoms with Crippen LogP contribution in [0.5, 0.6) is 0 Å². The van der Waals surface area contributed by atoms with Crippen molar-refractivity contribution in [2.24, 2.45) is 0 Å². The lowest BCUT2D eigenvalue weighted by atomic mass is 9.91. The molecule has 1 aromatic rings. The number of hydrogen-bond donors (Lipinski definition) is 3. The van der Waals surface area contributed by atoms with E-state index in [1.807, 2.05) is 0 Å². The van der Waals surface area contributed by atoms with Crippen molar-refractivity contribution >= 4 is 28.0 Å². The largest absolute Gasteiger partial charge is 0.465 e. The van der Waals surface area contributed by atoms with Crippen LogP contribution in [-0.4, -0.2) is 33.3 Å². The molecule has 98 valence electrons. The SMILES string of the molecule is O=C(O)N[C@H]1CC[C@H](Nc2ncc(Br)cn2)CC1. The van der Waals surface area contributed by atoms with Crippen molar-refractivity contribution in [3.63, 3.8) is 0 Å². The fourth-order valence-electron chi connectivity index (χ4n) is 2.13. The van der Waals surface area contributed by atoms with Crippen LogP contribution in [0.25, 0.3) is 0 Å². The van der Waals surface area contributed by atoms with Crippen LogP contribution in [0.4, 0.5) is 10.7 Å². The number of nitrogens with zero attached hydrogens (tertiary/aromatic N) is 2. The molecule has 0 aromatic carbocycles. The van der Waals surface area contributed by atoms with Crippen molar-refractivity contribution in [3.05, 3.63) is 16.9 Å². The molecular weight excluding hydrogens is 300 g/mol. The van der Waals surface area contributed by atoms with E-state index < -0.39 is 6.09 Å². The van der Waals surface area contributed by atoms with Gasteiger partial charge in [0.05, 0.1) is 4.47 Å². The molecule has 1 aliphatic rings. The average Bonchev–Trinajstić information content (AvgIpc) is 2.34. The lowest BCUT2D eigenvalue weighted by Gasteiger charge is -2.28. The molecule has 1 aromatic heterocycles. The third kappa shape index (κ3) is 3.83. The molecule has 2 rings (SSSR count). The molecule has 3 N–H and O–H groups in total. The maximum absolute atomic E-state index is 10.5. The summed E-state index contributed by atoms with van der Waals surface area (Å²) in [4.78, 5) is 18.8. The minimum atomic E-state index is -0.942. The van der Waals surface area contributed by atoms with Crippen molar-refractivity contribution in [3.8, 4) is 0 Å². The second kappa shape index (κ2) is 5.99. The van der Waals surface area contributed by atoms with Crippen LogP contribution in [0, 0.1) is 0 Å². The first kappa shape index (κ1) is 13.1. The first-order chi connectivity index (χ1) is 8.63. The fraction of sp³-hybridized carbons (Fsp3) is 0.545. The third-order valence-electron chi connectivity index (χ3n) is 3.01. The zero-order valence-corrected chi connectivity index (χ0v) is 11.4. The molecule has 1 heterocycles. The normalized spacial score (nSPS) is 23.4. The zero-order chi connectivity index (χ0) is 13.0. The number of aromatic nitrogens is 2. The number of hydrogen-bond acceptors (Lipinski definition) is 4. The minimum Gasteiger partial charge on any atom is -0.465 e. The molecule has 1 fully saturated rings. The van der Waals surface area contributed by atoms with Crippen LogP contribution < -0.4 is 10.6 Å². The smallest absolute Gasteiger partial charge is 0.404 e. The lowest BCUT2D eigenvalue weighted by molar-refractivity contribution is 0.185. The van der Waals surface area contributed by atoms with Gasteiger partial charge in [0.1, 0.15) is 0 Å². The maximum atomic E-state index is 10.5. The Bertz CT molecular complexity index is 404. The summed E-state index contributed by atoms with van der Waals surface area (Å²) in [6.07, 6.45) is 6.00. The minimum absolute atomic E-state index is 0.0754. The van der Waals surface area contributed by atoms with Crippen LogP contribution in [0.3, 0.4) is 0 Å². The Kier molecular flexibility index (Phi) is 4.35. The molecule has 0 spiro atoms. The second-order valence-corrected chi connectivity index (χ2v) is 5.28. The Balaban J connectivity index is 1.79. The standard InChI is InChI=1S/C11H15BrN4O2/c12-7-5-13-10(14-6-7)15-8-1-3-9(4-2-8)16-11(17)18/h5-6,8-9,16H,1-4H2,(H,17,18)(H,13,14,15)/t8-,9-. The van der Waals surface area contributed by atoms with Crippen molar-refractivity contribution in [1.82, 2.24) is 15.3 Å². The Morgan fingerprint density at radius 3 is 2.33 bits per heavy atom. The Hall–Kier alpha value is -1.37. The Morgan fingerprint density at radius 2 is 1.78 bits per heavy atom. The van der Waals surface area contributed by atoms with E-state index >= 15 is 0 Å². The number of carboxylic acid groups (broad SMARTS) is 1. The van der Waals surface area contributed by atoms with Crippen molar-refractivity contribution in [2.45, 2.75) is 37.8 Å². The lowest BCUT2D eigenvalue weighted by Crippen LogP contribution is -2.39. The van der Waals surface area contributed by atoms with E-state index in [0.29, 0.717) is 12.0 Å². The molecule has 0 unspecified atom stereocenters. The molecule has 0 atom stereocenters. The predicted octanol–water partition coefficient (Wildman–Crippen LogP) is 2.23. The van der Waals surface area contributed by atoms with Gasteiger partial charge in [-0.15, -0.1) is 0 Å². The number of rotatable bonds is 3. The Labute approximate surface area is 113 Å². The van der Waals surface area contributed by atoms with Gasteiger partial charge in [0.25, 0.3) is 0 Å². The van der Waals surface area contributed by atoms with Crippen LogP contribution in [-0.2, 0) is 0 Å². The molecular formula is C11H15BrN4O2. The summed E-state index contributed by atoms with van der Waals surface area (Å²) in [5.74, 6) is 0.618. The summed E-state index contributed by atoms with van der Waals surface area (Å²) in [6, 6.07) is 0.393. The molecule has 18 heavy (non-hydrogen) atoms. The first-order valence-electron chi connectivity index (χ1n) is 5.87. The molecule has 6 nitrogen and oxygen atoms in total. The van der Waals surface area contributed by atoms with Crippen LogP contribution in [0.15, 0.2) is 16.9 Å². The van der Waals surface area contributed by atoms with E-state index in [2.05, 4.69) is 36.5 Å². The fourth-order valence-corrected chi connectivity index (χ4v) is 2.33. The van der Waals surface area contributed by atoms with Gasteiger partial charge in [0.2, 0.25) is 5.95 Å². The molecule has 0 bridgehead atoms.